The fourth-order valence-corrected chi connectivity index (χ4v) is 5.74. The number of nitrogens with zero attached hydrogens (tertiary/aromatic N) is 2. The summed E-state index contributed by atoms with van der Waals surface area (Å²) in [6.07, 6.45) is 2.89. The lowest BCUT2D eigenvalue weighted by Gasteiger charge is -2.37. The van der Waals surface area contributed by atoms with E-state index in [0.29, 0.717) is 5.75 Å². The molecule has 3 aromatic carbocycles. The molecule has 1 aliphatic carbocycles. The van der Waals surface area contributed by atoms with Gasteiger partial charge in [0.25, 0.3) is 0 Å². The molecule has 1 saturated heterocycles. The van der Waals surface area contributed by atoms with Gasteiger partial charge in [0.2, 0.25) is 0 Å². The molecule has 2 heterocycles. The molecule has 2 N–H and O–H groups in total. The number of phenolic OH excluding ortho intramolecular Hbond substituents is 1. The van der Waals surface area contributed by atoms with Gasteiger partial charge in [-0.2, -0.15) is 5.10 Å². The summed E-state index contributed by atoms with van der Waals surface area (Å²) in [7, 11) is 0. The van der Waals surface area contributed by atoms with Crippen molar-refractivity contribution in [2.45, 2.75) is 32.7 Å². The number of nitrogens with one attached hydrogen (secondary N) is 1. The van der Waals surface area contributed by atoms with Crippen molar-refractivity contribution in [3.05, 3.63) is 94.2 Å². The van der Waals surface area contributed by atoms with E-state index in [0.717, 1.165) is 72.2 Å². The lowest BCUT2D eigenvalue weighted by molar-refractivity contribution is 0.0738. The molecule has 2 aliphatic rings. The SMILES string of the molecule is Cc1ccccc1C1=C(c2n[nH]c3cc(CN4CC(CF)C4)ccc23)c2ccc(O)cc2CCC1. The molecule has 4 aromatic rings. The zero-order chi connectivity index (χ0) is 23.9. The largest absolute Gasteiger partial charge is 0.508 e. The number of aromatic nitrogens is 2. The zero-order valence-electron chi connectivity index (χ0n) is 20.0. The maximum atomic E-state index is 12.8. The number of aryl methyl sites for hydroxylation is 2. The van der Waals surface area contributed by atoms with Crippen molar-refractivity contribution in [1.29, 1.82) is 0 Å². The van der Waals surface area contributed by atoms with Crippen LogP contribution >= 0.6 is 0 Å². The highest BCUT2D eigenvalue weighted by atomic mass is 19.1. The number of hydrogen-bond acceptors (Lipinski definition) is 3. The van der Waals surface area contributed by atoms with Gasteiger partial charge in [0.05, 0.1) is 12.2 Å². The number of hydrogen-bond donors (Lipinski definition) is 2. The number of aromatic hydroxyl groups is 1. The van der Waals surface area contributed by atoms with Gasteiger partial charge in [-0.05, 0) is 77.8 Å². The predicted octanol–water partition coefficient (Wildman–Crippen LogP) is 6.27. The fourth-order valence-electron chi connectivity index (χ4n) is 5.74. The number of phenols is 1. The number of allylic oxidation sites excluding steroid dienone is 1. The fraction of sp³-hybridized carbons (Fsp3) is 0.300. The van der Waals surface area contributed by atoms with Crippen LogP contribution in [0.3, 0.4) is 0 Å². The van der Waals surface area contributed by atoms with Gasteiger partial charge in [-0.1, -0.05) is 42.5 Å². The van der Waals surface area contributed by atoms with Crippen molar-refractivity contribution >= 4 is 22.0 Å². The van der Waals surface area contributed by atoms with Crippen LogP contribution in [0.5, 0.6) is 5.75 Å². The summed E-state index contributed by atoms with van der Waals surface area (Å²) >= 11 is 0. The lowest BCUT2D eigenvalue weighted by atomic mass is 9.87. The summed E-state index contributed by atoms with van der Waals surface area (Å²) in [6, 6.07) is 20.8. The molecule has 1 aromatic heterocycles. The van der Waals surface area contributed by atoms with Gasteiger partial charge in [0.1, 0.15) is 11.4 Å². The van der Waals surface area contributed by atoms with E-state index in [2.05, 4.69) is 59.4 Å². The summed E-state index contributed by atoms with van der Waals surface area (Å²) in [5, 5.41) is 19.4. The lowest BCUT2D eigenvalue weighted by Crippen LogP contribution is -2.46. The quantitative estimate of drug-likeness (QED) is 0.364. The molecule has 0 saturated carbocycles. The molecule has 0 spiro atoms. The van der Waals surface area contributed by atoms with E-state index in [9.17, 15) is 9.50 Å². The van der Waals surface area contributed by atoms with Crippen LogP contribution < -0.4 is 0 Å². The number of aromatic amines is 1. The third kappa shape index (κ3) is 4.04. The summed E-state index contributed by atoms with van der Waals surface area (Å²) in [5.74, 6) is 0.499. The molecule has 0 unspecified atom stereocenters. The Bertz CT molecular complexity index is 1430. The number of fused-ring (bicyclic) bond motifs is 2. The average Bonchev–Trinajstić information content (AvgIpc) is 3.15. The Morgan fingerprint density at radius 2 is 1.89 bits per heavy atom. The minimum atomic E-state index is -0.225. The first-order chi connectivity index (χ1) is 17.1. The Morgan fingerprint density at radius 1 is 1.03 bits per heavy atom. The molecule has 178 valence electrons. The first-order valence-corrected chi connectivity index (χ1v) is 12.5. The molecule has 0 bridgehead atoms. The average molecular weight is 468 g/mol. The first kappa shape index (κ1) is 22.1. The number of likely N-dealkylation sites (tertiary alicyclic amines) is 1. The molecule has 0 amide bonds. The van der Waals surface area contributed by atoms with E-state index in [-0.39, 0.29) is 12.6 Å². The highest BCUT2D eigenvalue weighted by molar-refractivity contribution is 6.06. The number of benzene rings is 3. The number of H-pyrrole nitrogens is 1. The second-order valence-electron chi connectivity index (χ2n) is 10.0. The van der Waals surface area contributed by atoms with Gasteiger partial charge in [0.15, 0.2) is 0 Å². The van der Waals surface area contributed by atoms with E-state index >= 15 is 0 Å². The first-order valence-electron chi connectivity index (χ1n) is 12.5. The normalized spacial score (nSPS) is 16.9. The topological polar surface area (TPSA) is 52.2 Å². The smallest absolute Gasteiger partial charge is 0.115 e. The maximum Gasteiger partial charge on any atom is 0.115 e. The molecule has 0 atom stereocenters. The molecular formula is C30H30FN3O. The highest BCUT2D eigenvalue weighted by Gasteiger charge is 2.27. The molecule has 5 heteroatoms. The number of rotatable bonds is 5. The van der Waals surface area contributed by atoms with Crippen LogP contribution in [-0.4, -0.2) is 40.0 Å². The van der Waals surface area contributed by atoms with Crippen LogP contribution in [0.1, 0.15) is 46.4 Å². The Balaban J connectivity index is 1.48. The second kappa shape index (κ2) is 8.97. The molecule has 1 aliphatic heterocycles. The van der Waals surface area contributed by atoms with Crippen molar-refractivity contribution in [1.82, 2.24) is 15.1 Å². The second-order valence-corrected chi connectivity index (χ2v) is 10.0. The van der Waals surface area contributed by atoms with Crippen LogP contribution in [0, 0.1) is 12.8 Å². The minimum absolute atomic E-state index is 0.194. The zero-order valence-corrected chi connectivity index (χ0v) is 20.0. The Kier molecular flexibility index (Phi) is 5.65. The third-order valence-corrected chi connectivity index (χ3v) is 7.52. The van der Waals surface area contributed by atoms with Crippen molar-refractivity contribution in [2.24, 2.45) is 5.92 Å². The third-order valence-electron chi connectivity index (χ3n) is 7.52. The van der Waals surface area contributed by atoms with Crippen LogP contribution in [0.2, 0.25) is 0 Å². The summed E-state index contributed by atoms with van der Waals surface area (Å²) in [5.41, 5.74) is 10.5. The van der Waals surface area contributed by atoms with Gasteiger partial charge in [-0.25, -0.2) is 0 Å². The molecular weight excluding hydrogens is 437 g/mol. The van der Waals surface area contributed by atoms with Crippen LogP contribution in [0.25, 0.3) is 22.0 Å². The van der Waals surface area contributed by atoms with Gasteiger partial charge in [0, 0.05) is 36.5 Å². The summed E-state index contributed by atoms with van der Waals surface area (Å²) < 4.78 is 12.8. The molecule has 6 rings (SSSR count). The highest BCUT2D eigenvalue weighted by Crippen LogP contribution is 2.42. The van der Waals surface area contributed by atoms with Gasteiger partial charge >= 0.3 is 0 Å². The van der Waals surface area contributed by atoms with E-state index in [1.807, 2.05) is 12.1 Å². The Morgan fingerprint density at radius 3 is 2.71 bits per heavy atom. The molecule has 0 radical (unpaired) electrons. The van der Waals surface area contributed by atoms with Crippen molar-refractivity contribution in [3.8, 4) is 5.75 Å². The standard InChI is InChI=1S/C30H30FN3O/c1-19-5-2-3-7-24(19)26-8-4-6-22-14-23(35)10-12-25(22)29(26)30-27-11-9-20(13-28(27)32-33-30)16-34-17-21(15-31)18-34/h2-3,5,7,9-14,21,35H,4,6,8,15-18H2,1H3,(H,32,33). The number of halogens is 1. The Hall–Kier alpha value is -3.44. The van der Waals surface area contributed by atoms with Gasteiger partial charge < -0.3 is 5.11 Å². The van der Waals surface area contributed by atoms with Gasteiger partial charge in [-0.15, -0.1) is 0 Å². The predicted molar refractivity (Wildman–Crippen MR) is 139 cm³/mol. The molecule has 4 nitrogen and oxygen atoms in total. The minimum Gasteiger partial charge on any atom is -0.508 e. The van der Waals surface area contributed by atoms with Gasteiger partial charge in [-0.3, -0.25) is 14.4 Å². The van der Waals surface area contributed by atoms with E-state index in [4.69, 9.17) is 5.10 Å². The van der Waals surface area contributed by atoms with E-state index in [1.54, 1.807) is 6.07 Å². The Labute approximate surface area is 205 Å². The number of alkyl halides is 1. The monoisotopic (exact) mass is 467 g/mol. The van der Waals surface area contributed by atoms with E-state index in [1.165, 1.54) is 22.3 Å². The molecule has 1 fully saturated rings. The molecule has 35 heavy (non-hydrogen) atoms. The van der Waals surface area contributed by atoms with E-state index < -0.39 is 0 Å². The van der Waals surface area contributed by atoms with Crippen molar-refractivity contribution in [2.75, 3.05) is 19.8 Å². The van der Waals surface area contributed by atoms with Crippen LogP contribution in [0.4, 0.5) is 4.39 Å². The van der Waals surface area contributed by atoms with Crippen molar-refractivity contribution in [3.63, 3.8) is 0 Å². The van der Waals surface area contributed by atoms with Crippen molar-refractivity contribution < 1.29 is 9.50 Å². The summed E-state index contributed by atoms with van der Waals surface area (Å²) in [4.78, 5) is 2.29. The van der Waals surface area contributed by atoms with Crippen LogP contribution in [-0.2, 0) is 13.0 Å². The van der Waals surface area contributed by atoms with Crippen LogP contribution in [0.15, 0.2) is 60.7 Å². The summed E-state index contributed by atoms with van der Waals surface area (Å²) in [6.45, 7) is 4.44. The maximum absolute atomic E-state index is 12.8.